The van der Waals surface area contributed by atoms with E-state index in [9.17, 15) is 0 Å². The molecule has 0 aliphatic carbocycles. The molecular formula is C11H13N3O. The lowest BCUT2D eigenvalue weighted by Gasteiger charge is -2.10. The Morgan fingerprint density at radius 1 is 1.13 bits per heavy atom. The van der Waals surface area contributed by atoms with Crippen LogP contribution in [0.1, 0.15) is 26.7 Å². The van der Waals surface area contributed by atoms with Gasteiger partial charge in [-0.25, -0.2) is 0 Å². The Bertz CT molecular complexity index is 442. The summed E-state index contributed by atoms with van der Waals surface area (Å²) in [6, 6.07) is 3.72. The first-order chi connectivity index (χ1) is 7.07. The summed E-state index contributed by atoms with van der Waals surface area (Å²) in [6.07, 6.45) is 3.42. The number of nitrogens with zero attached hydrogens (tertiary/aromatic N) is 3. The lowest BCUT2D eigenvalue weighted by Crippen LogP contribution is -2.11. The predicted molar refractivity (Wildman–Crippen MR) is 56.2 cm³/mol. The van der Waals surface area contributed by atoms with Gasteiger partial charge in [-0.1, -0.05) is 25.9 Å². The predicted octanol–water partition coefficient (Wildman–Crippen LogP) is 2.43. The van der Waals surface area contributed by atoms with Crippen molar-refractivity contribution in [2.75, 3.05) is 0 Å². The number of rotatable bonds is 1. The molecule has 2 aromatic heterocycles. The highest BCUT2D eigenvalue weighted by atomic mass is 16.5. The zero-order valence-electron chi connectivity index (χ0n) is 9.06. The van der Waals surface area contributed by atoms with Crippen molar-refractivity contribution in [1.29, 1.82) is 0 Å². The second kappa shape index (κ2) is 3.46. The maximum Gasteiger partial charge on any atom is 0.232 e. The van der Waals surface area contributed by atoms with Crippen LogP contribution in [0.2, 0.25) is 0 Å². The molecule has 0 spiro atoms. The van der Waals surface area contributed by atoms with Crippen LogP contribution >= 0.6 is 0 Å². The van der Waals surface area contributed by atoms with E-state index in [4.69, 9.17) is 4.52 Å². The van der Waals surface area contributed by atoms with Crippen molar-refractivity contribution in [3.05, 3.63) is 30.4 Å². The van der Waals surface area contributed by atoms with Gasteiger partial charge in [0.05, 0.1) is 0 Å². The summed E-state index contributed by atoms with van der Waals surface area (Å²) in [7, 11) is 0. The van der Waals surface area contributed by atoms with Crippen LogP contribution in [0.4, 0.5) is 0 Å². The highest BCUT2D eigenvalue weighted by Gasteiger charge is 2.21. The largest absolute Gasteiger partial charge is 0.338 e. The molecule has 2 aromatic rings. The number of pyridine rings is 1. The first kappa shape index (κ1) is 9.83. The molecule has 0 aliphatic heterocycles. The third kappa shape index (κ3) is 2.03. The molecule has 0 bridgehead atoms. The molecule has 0 radical (unpaired) electrons. The SMILES string of the molecule is CC(C)(C)c1nc(-c2ccncc2)no1. The van der Waals surface area contributed by atoms with Crippen LogP contribution in [-0.4, -0.2) is 15.1 Å². The minimum Gasteiger partial charge on any atom is -0.338 e. The standard InChI is InChI=1S/C11H13N3O/c1-11(2,3)10-13-9(14-15-10)8-4-6-12-7-5-8/h4-7H,1-3H3. The Morgan fingerprint density at radius 3 is 2.33 bits per heavy atom. The van der Waals surface area contributed by atoms with Gasteiger partial charge < -0.3 is 4.52 Å². The second-order valence-corrected chi connectivity index (χ2v) is 4.41. The van der Waals surface area contributed by atoms with E-state index in [-0.39, 0.29) is 5.41 Å². The van der Waals surface area contributed by atoms with E-state index in [1.54, 1.807) is 12.4 Å². The van der Waals surface area contributed by atoms with Gasteiger partial charge in [-0.3, -0.25) is 4.98 Å². The zero-order valence-corrected chi connectivity index (χ0v) is 9.06. The first-order valence-corrected chi connectivity index (χ1v) is 4.82. The van der Waals surface area contributed by atoms with Crippen LogP contribution in [0.25, 0.3) is 11.4 Å². The first-order valence-electron chi connectivity index (χ1n) is 4.82. The summed E-state index contributed by atoms with van der Waals surface area (Å²) in [6.45, 7) is 6.12. The van der Waals surface area contributed by atoms with Crippen molar-refractivity contribution in [3.63, 3.8) is 0 Å². The molecule has 2 heterocycles. The summed E-state index contributed by atoms with van der Waals surface area (Å²) in [5.41, 5.74) is 0.808. The van der Waals surface area contributed by atoms with E-state index in [2.05, 4.69) is 15.1 Å². The molecule has 0 fully saturated rings. The lowest BCUT2D eigenvalue weighted by molar-refractivity contribution is 0.321. The van der Waals surface area contributed by atoms with E-state index in [0.29, 0.717) is 11.7 Å². The fourth-order valence-electron chi connectivity index (χ4n) is 1.15. The van der Waals surface area contributed by atoms with Gasteiger partial charge in [-0.15, -0.1) is 0 Å². The lowest BCUT2D eigenvalue weighted by atomic mass is 9.97. The van der Waals surface area contributed by atoms with Crippen molar-refractivity contribution < 1.29 is 4.52 Å². The van der Waals surface area contributed by atoms with E-state index in [1.165, 1.54) is 0 Å². The van der Waals surface area contributed by atoms with Gasteiger partial charge in [0.15, 0.2) is 0 Å². The van der Waals surface area contributed by atoms with Crippen molar-refractivity contribution >= 4 is 0 Å². The highest BCUT2D eigenvalue weighted by Crippen LogP contribution is 2.23. The maximum absolute atomic E-state index is 5.20. The topological polar surface area (TPSA) is 51.8 Å². The molecule has 0 N–H and O–H groups in total. The molecule has 0 atom stereocenters. The van der Waals surface area contributed by atoms with Gasteiger partial charge in [-0.05, 0) is 12.1 Å². The smallest absolute Gasteiger partial charge is 0.232 e. The fraction of sp³-hybridized carbons (Fsp3) is 0.364. The molecule has 0 aliphatic rings. The van der Waals surface area contributed by atoms with Crippen molar-refractivity contribution in [1.82, 2.24) is 15.1 Å². The number of hydrogen-bond donors (Lipinski definition) is 0. The summed E-state index contributed by atoms with van der Waals surface area (Å²) in [5, 5.41) is 3.94. The third-order valence-corrected chi connectivity index (χ3v) is 2.01. The molecule has 78 valence electrons. The summed E-state index contributed by atoms with van der Waals surface area (Å²) < 4.78 is 5.20. The van der Waals surface area contributed by atoms with Crippen LogP contribution in [0.3, 0.4) is 0 Å². The van der Waals surface area contributed by atoms with Gasteiger partial charge in [0.1, 0.15) is 0 Å². The van der Waals surface area contributed by atoms with Crippen LogP contribution in [-0.2, 0) is 5.41 Å². The molecule has 4 nitrogen and oxygen atoms in total. The fourth-order valence-corrected chi connectivity index (χ4v) is 1.15. The Morgan fingerprint density at radius 2 is 1.80 bits per heavy atom. The Hall–Kier alpha value is -1.71. The van der Waals surface area contributed by atoms with Crippen LogP contribution in [0.15, 0.2) is 29.0 Å². The van der Waals surface area contributed by atoms with Gasteiger partial charge >= 0.3 is 0 Å². The maximum atomic E-state index is 5.20. The molecule has 15 heavy (non-hydrogen) atoms. The molecular weight excluding hydrogens is 190 g/mol. The van der Waals surface area contributed by atoms with Crippen LogP contribution < -0.4 is 0 Å². The monoisotopic (exact) mass is 203 g/mol. The van der Waals surface area contributed by atoms with Crippen LogP contribution in [0, 0.1) is 0 Å². The minimum atomic E-state index is -0.113. The van der Waals surface area contributed by atoms with Crippen molar-refractivity contribution in [2.45, 2.75) is 26.2 Å². The average molecular weight is 203 g/mol. The van der Waals surface area contributed by atoms with Crippen LogP contribution in [0.5, 0.6) is 0 Å². The molecule has 4 heteroatoms. The second-order valence-electron chi connectivity index (χ2n) is 4.41. The van der Waals surface area contributed by atoms with Crippen molar-refractivity contribution in [2.24, 2.45) is 0 Å². The Kier molecular flexibility index (Phi) is 2.26. The number of hydrogen-bond acceptors (Lipinski definition) is 4. The molecule has 0 unspecified atom stereocenters. The van der Waals surface area contributed by atoms with E-state index >= 15 is 0 Å². The van der Waals surface area contributed by atoms with Gasteiger partial charge in [0, 0.05) is 23.4 Å². The summed E-state index contributed by atoms with van der Waals surface area (Å²) in [5.74, 6) is 1.26. The molecule has 0 amide bonds. The highest BCUT2D eigenvalue weighted by molar-refractivity contribution is 5.52. The van der Waals surface area contributed by atoms with Crippen molar-refractivity contribution in [3.8, 4) is 11.4 Å². The van der Waals surface area contributed by atoms with Gasteiger partial charge in [0.2, 0.25) is 11.7 Å². The van der Waals surface area contributed by atoms with E-state index in [1.807, 2.05) is 32.9 Å². The summed E-state index contributed by atoms with van der Waals surface area (Å²) >= 11 is 0. The molecule has 0 aromatic carbocycles. The van der Waals surface area contributed by atoms with Gasteiger partial charge in [-0.2, -0.15) is 4.98 Å². The number of aromatic nitrogens is 3. The third-order valence-electron chi connectivity index (χ3n) is 2.01. The van der Waals surface area contributed by atoms with E-state index < -0.39 is 0 Å². The average Bonchev–Trinajstić information content (AvgIpc) is 2.67. The van der Waals surface area contributed by atoms with Gasteiger partial charge in [0.25, 0.3) is 0 Å². The molecule has 0 saturated heterocycles. The van der Waals surface area contributed by atoms with E-state index in [0.717, 1.165) is 5.56 Å². The molecule has 0 saturated carbocycles. The Labute approximate surface area is 88.4 Å². The summed E-state index contributed by atoms with van der Waals surface area (Å²) in [4.78, 5) is 8.29. The normalized spacial score (nSPS) is 11.7. The Balaban J connectivity index is 2.37. The zero-order chi connectivity index (χ0) is 10.9. The molecule has 2 rings (SSSR count). The minimum absolute atomic E-state index is 0.113. The quantitative estimate of drug-likeness (QED) is 0.714.